The molecule has 1 saturated carbocycles. The van der Waals surface area contributed by atoms with Gasteiger partial charge in [0.25, 0.3) is 0 Å². The largest absolute Gasteiger partial charge is 0.356 e. The number of hydrogen-bond acceptors (Lipinski definition) is 3. The Bertz CT molecular complexity index is 670. The third kappa shape index (κ3) is 5.45. The van der Waals surface area contributed by atoms with Gasteiger partial charge in [0.15, 0.2) is 5.96 Å². The molecule has 7 nitrogen and oxygen atoms in total. The highest BCUT2D eigenvalue weighted by Gasteiger charge is 2.31. The van der Waals surface area contributed by atoms with Crippen molar-refractivity contribution < 1.29 is 9.59 Å². The van der Waals surface area contributed by atoms with Crippen molar-refractivity contribution in [2.24, 2.45) is 4.99 Å². The quantitative estimate of drug-likeness (QED) is 0.521. The average Bonchev–Trinajstić information content (AvgIpc) is 3.31. The van der Waals surface area contributed by atoms with Crippen LogP contribution in [0.4, 0.5) is 5.69 Å². The van der Waals surface area contributed by atoms with E-state index in [1.165, 1.54) is 12.8 Å². The standard InChI is InChI=1S/C20H29N5O2/c1-21-20(22-12-11-18(26)23-15-7-5-6-8-15)24-16-13-19(27)25(14-16)17-9-3-2-4-10-17/h2-4,9-10,15-16H,5-8,11-14H2,1H3,(H,23,26)(H2,21,22,24). The Kier molecular flexibility index (Phi) is 6.68. The van der Waals surface area contributed by atoms with E-state index in [1.807, 2.05) is 30.3 Å². The van der Waals surface area contributed by atoms with Gasteiger partial charge in [-0.25, -0.2) is 0 Å². The maximum Gasteiger partial charge on any atom is 0.229 e. The van der Waals surface area contributed by atoms with Crippen LogP contribution >= 0.6 is 0 Å². The van der Waals surface area contributed by atoms with Crippen molar-refractivity contribution in [3.05, 3.63) is 30.3 Å². The van der Waals surface area contributed by atoms with E-state index in [0.29, 0.717) is 37.9 Å². The van der Waals surface area contributed by atoms with E-state index in [1.54, 1.807) is 11.9 Å². The van der Waals surface area contributed by atoms with Crippen molar-refractivity contribution in [1.29, 1.82) is 0 Å². The molecule has 0 bridgehead atoms. The number of carbonyl (C=O) groups excluding carboxylic acids is 2. The zero-order chi connectivity index (χ0) is 19.1. The second-order valence-electron chi connectivity index (χ2n) is 7.18. The molecular formula is C20H29N5O2. The van der Waals surface area contributed by atoms with Gasteiger partial charge in [-0.2, -0.15) is 0 Å². The summed E-state index contributed by atoms with van der Waals surface area (Å²) in [6.45, 7) is 1.12. The highest BCUT2D eigenvalue weighted by molar-refractivity contribution is 5.97. The van der Waals surface area contributed by atoms with E-state index < -0.39 is 0 Å². The van der Waals surface area contributed by atoms with Crippen LogP contribution in [0.25, 0.3) is 0 Å². The Hall–Kier alpha value is -2.57. The first kappa shape index (κ1) is 19.2. The molecule has 27 heavy (non-hydrogen) atoms. The van der Waals surface area contributed by atoms with Gasteiger partial charge in [0, 0.05) is 44.7 Å². The minimum absolute atomic E-state index is 0.00350. The van der Waals surface area contributed by atoms with Gasteiger partial charge in [-0.1, -0.05) is 31.0 Å². The van der Waals surface area contributed by atoms with Gasteiger partial charge in [0.1, 0.15) is 0 Å². The van der Waals surface area contributed by atoms with Gasteiger partial charge in [0.05, 0.1) is 6.04 Å². The number of nitrogens with zero attached hydrogens (tertiary/aromatic N) is 2. The third-order valence-corrected chi connectivity index (χ3v) is 5.12. The maximum atomic E-state index is 12.3. The maximum absolute atomic E-state index is 12.3. The SMILES string of the molecule is CN=C(NCCC(=O)NC1CCCC1)NC1CC(=O)N(c2ccccc2)C1. The van der Waals surface area contributed by atoms with Crippen LogP contribution in [0.5, 0.6) is 0 Å². The molecule has 1 aliphatic carbocycles. The Labute approximate surface area is 160 Å². The molecule has 2 aliphatic rings. The number of para-hydroxylation sites is 1. The van der Waals surface area contributed by atoms with Gasteiger partial charge < -0.3 is 20.9 Å². The Morgan fingerprint density at radius 3 is 2.59 bits per heavy atom. The predicted octanol–water partition coefficient (Wildman–Crippen LogP) is 1.41. The first-order chi connectivity index (χ1) is 13.2. The van der Waals surface area contributed by atoms with Crippen molar-refractivity contribution >= 4 is 23.5 Å². The molecule has 3 N–H and O–H groups in total. The molecule has 2 fully saturated rings. The van der Waals surface area contributed by atoms with Crippen molar-refractivity contribution in [1.82, 2.24) is 16.0 Å². The molecule has 0 aromatic heterocycles. The summed E-state index contributed by atoms with van der Waals surface area (Å²) < 4.78 is 0. The molecule has 1 aromatic carbocycles. The number of aliphatic imine (C=N–C) groups is 1. The summed E-state index contributed by atoms with van der Waals surface area (Å²) in [6, 6.07) is 10.0. The number of anilines is 1. The van der Waals surface area contributed by atoms with Crippen LogP contribution in [-0.2, 0) is 9.59 Å². The molecule has 2 amide bonds. The van der Waals surface area contributed by atoms with Gasteiger partial charge in [-0.15, -0.1) is 0 Å². The summed E-state index contributed by atoms with van der Waals surface area (Å²) in [5.74, 6) is 0.803. The van der Waals surface area contributed by atoms with Crippen LogP contribution in [0.1, 0.15) is 38.5 Å². The lowest BCUT2D eigenvalue weighted by Gasteiger charge is -2.19. The van der Waals surface area contributed by atoms with Crippen LogP contribution in [0.2, 0.25) is 0 Å². The van der Waals surface area contributed by atoms with Crippen LogP contribution in [0.15, 0.2) is 35.3 Å². The summed E-state index contributed by atoms with van der Waals surface area (Å²) in [5.41, 5.74) is 0.915. The third-order valence-electron chi connectivity index (χ3n) is 5.12. The fourth-order valence-corrected chi connectivity index (χ4v) is 3.71. The predicted molar refractivity (Wildman–Crippen MR) is 107 cm³/mol. The number of nitrogens with one attached hydrogen (secondary N) is 3. The number of amides is 2. The van der Waals surface area contributed by atoms with Gasteiger partial charge in [-0.05, 0) is 25.0 Å². The Morgan fingerprint density at radius 1 is 1.15 bits per heavy atom. The summed E-state index contributed by atoms with van der Waals surface area (Å²) >= 11 is 0. The lowest BCUT2D eigenvalue weighted by molar-refractivity contribution is -0.121. The second kappa shape index (κ2) is 9.39. The average molecular weight is 371 g/mol. The number of guanidine groups is 1. The van der Waals surface area contributed by atoms with Gasteiger partial charge in [-0.3, -0.25) is 14.6 Å². The molecule has 7 heteroatoms. The second-order valence-corrected chi connectivity index (χ2v) is 7.18. The van der Waals surface area contributed by atoms with Gasteiger partial charge >= 0.3 is 0 Å². The van der Waals surface area contributed by atoms with E-state index in [2.05, 4.69) is 20.9 Å². The van der Waals surface area contributed by atoms with Crippen molar-refractivity contribution in [2.45, 2.75) is 50.6 Å². The minimum atomic E-state index is -0.00350. The smallest absolute Gasteiger partial charge is 0.229 e. The van der Waals surface area contributed by atoms with E-state index in [-0.39, 0.29) is 17.9 Å². The summed E-state index contributed by atoms with van der Waals surface area (Å²) in [7, 11) is 1.69. The zero-order valence-corrected chi connectivity index (χ0v) is 15.9. The molecule has 0 spiro atoms. The topological polar surface area (TPSA) is 85.8 Å². The number of hydrogen-bond donors (Lipinski definition) is 3. The number of rotatable bonds is 6. The van der Waals surface area contributed by atoms with Crippen molar-refractivity contribution in [2.75, 3.05) is 25.0 Å². The fourth-order valence-electron chi connectivity index (χ4n) is 3.71. The normalized spacial score (nSPS) is 20.8. The number of carbonyl (C=O) groups is 2. The lowest BCUT2D eigenvalue weighted by atomic mass is 10.2. The lowest BCUT2D eigenvalue weighted by Crippen LogP contribution is -2.45. The molecule has 3 rings (SSSR count). The summed E-state index contributed by atoms with van der Waals surface area (Å²) in [4.78, 5) is 30.3. The molecule has 0 radical (unpaired) electrons. The zero-order valence-electron chi connectivity index (χ0n) is 15.9. The van der Waals surface area contributed by atoms with Crippen LogP contribution in [0.3, 0.4) is 0 Å². The van der Waals surface area contributed by atoms with E-state index in [4.69, 9.17) is 0 Å². The minimum Gasteiger partial charge on any atom is -0.356 e. The molecule has 1 atom stereocenters. The molecule has 1 unspecified atom stereocenters. The van der Waals surface area contributed by atoms with Gasteiger partial charge in [0.2, 0.25) is 11.8 Å². The van der Waals surface area contributed by atoms with E-state index >= 15 is 0 Å². The van der Waals surface area contributed by atoms with Crippen LogP contribution in [0, 0.1) is 0 Å². The van der Waals surface area contributed by atoms with E-state index in [0.717, 1.165) is 18.5 Å². The molecular weight excluding hydrogens is 342 g/mol. The Morgan fingerprint density at radius 2 is 1.89 bits per heavy atom. The Balaban J connectivity index is 1.41. The highest BCUT2D eigenvalue weighted by Crippen LogP contribution is 2.21. The first-order valence-corrected chi connectivity index (χ1v) is 9.77. The van der Waals surface area contributed by atoms with Crippen LogP contribution < -0.4 is 20.9 Å². The highest BCUT2D eigenvalue weighted by atomic mass is 16.2. The van der Waals surface area contributed by atoms with E-state index in [9.17, 15) is 9.59 Å². The molecule has 1 aliphatic heterocycles. The molecule has 1 aromatic rings. The molecule has 1 heterocycles. The van der Waals surface area contributed by atoms with Crippen molar-refractivity contribution in [3.8, 4) is 0 Å². The monoisotopic (exact) mass is 371 g/mol. The molecule has 1 saturated heterocycles. The van der Waals surface area contributed by atoms with Crippen LogP contribution in [-0.4, -0.2) is 50.0 Å². The summed E-state index contributed by atoms with van der Waals surface area (Å²) in [6.07, 6.45) is 5.44. The fraction of sp³-hybridized carbons (Fsp3) is 0.550. The number of benzene rings is 1. The molecule has 146 valence electrons. The first-order valence-electron chi connectivity index (χ1n) is 9.77. The van der Waals surface area contributed by atoms with Crippen molar-refractivity contribution in [3.63, 3.8) is 0 Å². The summed E-state index contributed by atoms with van der Waals surface area (Å²) in [5, 5.41) is 9.54.